The van der Waals surface area contributed by atoms with E-state index in [1.54, 1.807) is 6.26 Å². The van der Waals surface area contributed by atoms with Gasteiger partial charge in [0.05, 0.1) is 0 Å². The summed E-state index contributed by atoms with van der Waals surface area (Å²) < 4.78 is 0. The van der Waals surface area contributed by atoms with Crippen molar-refractivity contribution in [3.8, 4) is 0 Å². The summed E-state index contributed by atoms with van der Waals surface area (Å²) in [4.78, 5) is 44.5. The second-order valence-corrected chi connectivity index (χ2v) is 6.78. The standard InChI is InChI=1S/C11H19N3O6S2/c1-21-22-5-7(10(18)13-4-9(16)17)14-8(15)3-2-6(12)11(19)20/h6-7H,2-5,12H2,1H3,(H,13,18)(H,14,15)(H,16,17)(H,19,20)/t6-,7-/m0/s1. The monoisotopic (exact) mass is 353 g/mol. The molecular weight excluding hydrogens is 334 g/mol. The quantitative estimate of drug-likeness (QED) is 0.290. The molecule has 0 aromatic rings. The van der Waals surface area contributed by atoms with Crippen molar-refractivity contribution < 1.29 is 29.4 Å². The predicted octanol–water partition coefficient (Wildman–Crippen LogP) is -1.12. The number of carboxylic acid groups (broad SMARTS) is 2. The van der Waals surface area contributed by atoms with Gasteiger partial charge in [-0.15, -0.1) is 0 Å². The molecule has 11 heteroatoms. The minimum atomic E-state index is -1.21. The lowest BCUT2D eigenvalue weighted by atomic mass is 10.1. The molecule has 0 aromatic carbocycles. The van der Waals surface area contributed by atoms with E-state index in [1.807, 2.05) is 0 Å². The van der Waals surface area contributed by atoms with Crippen LogP contribution < -0.4 is 16.4 Å². The molecule has 0 fully saturated rings. The average molecular weight is 353 g/mol. The number of aliphatic carboxylic acids is 2. The third-order valence-corrected chi connectivity index (χ3v) is 4.24. The van der Waals surface area contributed by atoms with Gasteiger partial charge >= 0.3 is 11.9 Å². The van der Waals surface area contributed by atoms with Crippen LogP contribution in [-0.4, -0.2) is 64.6 Å². The van der Waals surface area contributed by atoms with E-state index >= 15 is 0 Å². The molecule has 0 bridgehead atoms. The maximum atomic E-state index is 11.8. The summed E-state index contributed by atoms with van der Waals surface area (Å²) in [6, 6.07) is -2.05. The number of carbonyl (C=O) groups is 4. The van der Waals surface area contributed by atoms with Crippen LogP contribution in [0.5, 0.6) is 0 Å². The van der Waals surface area contributed by atoms with Crippen molar-refractivity contribution >= 4 is 45.3 Å². The molecule has 0 saturated heterocycles. The first-order valence-electron chi connectivity index (χ1n) is 6.20. The van der Waals surface area contributed by atoms with Gasteiger partial charge in [0.15, 0.2) is 0 Å². The molecule has 0 rings (SSSR count). The van der Waals surface area contributed by atoms with Gasteiger partial charge in [-0.2, -0.15) is 0 Å². The number of hydrogen-bond acceptors (Lipinski definition) is 7. The Morgan fingerprint density at radius 1 is 1.23 bits per heavy atom. The molecule has 2 amide bonds. The molecule has 22 heavy (non-hydrogen) atoms. The number of hydrogen-bond donors (Lipinski definition) is 5. The minimum absolute atomic E-state index is 0.0553. The Morgan fingerprint density at radius 2 is 1.86 bits per heavy atom. The van der Waals surface area contributed by atoms with Gasteiger partial charge in [0.25, 0.3) is 0 Å². The topological polar surface area (TPSA) is 159 Å². The van der Waals surface area contributed by atoms with E-state index in [0.29, 0.717) is 0 Å². The first-order chi connectivity index (χ1) is 10.3. The highest BCUT2D eigenvalue weighted by molar-refractivity contribution is 8.76. The Labute approximate surface area is 135 Å². The van der Waals surface area contributed by atoms with E-state index in [1.165, 1.54) is 21.6 Å². The summed E-state index contributed by atoms with van der Waals surface area (Å²) in [6.45, 7) is -0.543. The number of carbonyl (C=O) groups excluding carboxylic acids is 2. The SMILES string of the molecule is CSSC[C@H](NC(=O)CC[C@H](N)C(=O)O)C(=O)NCC(=O)O. The third kappa shape index (κ3) is 9.47. The van der Waals surface area contributed by atoms with Crippen LogP contribution in [0.2, 0.25) is 0 Å². The first-order valence-corrected chi connectivity index (χ1v) is 8.93. The second kappa shape index (κ2) is 11.2. The molecule has 0 aliphatic rings. The van der Waals surface area contributed by atoms with Crippen molar-refractivity contribution in [3.63, 3.8) is 0 Å². The number of rotatable bonds is 11. The largest absolute Gasteiger partial charge is 0.480 e. The summed E-state index contributed by atoms with van der Waals surface area (Å²) in [7, 11) is 2.72. The van der Waals surface area contributed by atoms with Gasteiger partial charge in [-0.3, -0.25) is 19.2 Å². The molecule has 2 atom stereocenters. The van der Waals surface area contributed by atoms with Gasteiger partial charge < -0.3 is 26.6 Å². The molecule has 0 aliphatic heterocycles. The molecule has 0 heterocycles. The number of amides is 2. The van der Waals surface area contributed by atoms with E-state index in [9.17, 15) is 19.2 Å². The average Bonchev–Trinajstić information content (AvgIpc) is 2.46. The van der Waals surface area contributed by atoms with Crippen molar-refractivity contribution in [2.45, 2.75) is 24.9 Å². The summed E-state index contributed by atoms with van der Waals surface area (Å²) in [5, 5.41) is 21.8. The van der Waals surface area contributed by atoms with E-state index < -0.39 is 42.4 Å². The van der Waals surface area contributed by atoms with Crippen LogP contribution in [0.4, 0.5) is 0 Å². The lowest BCUT2D eigenvalue weighted by Crippen LogP contribution is -2.49. The van der Waals surface area contributed by atoms with Crippen LogP contribution in [0.15, 0.2) is 0 Å². The molecular formula is C11H19N3O6S2. The molecule has 6 N–H and O–H groups in total. The Hall–Kier alpha value is -1.46. The molecule has 126 valence electrons. The van der Waals surface area contributed by atoms with Gasteiger partial charge in [-0.05, 0) is 12.7 Å². The molecule has 0 aliphatic carbocycles. The Bertz CT molecular complexity index is 421. The Morgan fingerprint density at radius 3 is 2.36 bits per heavy atom. The smallest absolute Gasteiger partial charge is 0.322 e. The molecule has 0 aromatic heterocycles. The van der Waals surface area contributed by atoms with Crippen LogP contribution in [-0.2, 0) is 19.2 Å². The highest BCUT2D eigenvalue weighted by Gasteiger charge is 2.22. The molecule has 0 saturated carbocycles. The normalized spacial score (nSPS) is 13.0. The summed E-state index contributed by atoms with van der Waals surface area (Å²) in [6.07, 6.45) is 1.60. The van der Waals surface area contributed by atoms with Gasteiger partial charge in [0.2, 0.25) is 11.8 Å². The number of carboxylic acids is 2. The highest BCUT2D eigenvalue weighted by atomic mass is 33.1. The molecule has 0 spiro atoms. The van der Waals surface area contributed by atoms with Gasteiger partial charge in [0, 0.05) is 12.2 Å². The van der Waals surface area contributed by atoms with E-state index in [-0.39, 0.29) is 18.6 Å². The van der Waals surface area contributed by atoms with Crippen molar-refractivity contribution in [1.82, 2.24) is 10.6 Å². The van der Waals surface area contributed by atoms with Crippen LogP contribution in [0.25, 0.3) is 0 Å². The fourth-order valence-electron chi connectivity index (χ4n) is 1.28. The van der Waals surface area contributed by atoms with E-state index in [4.69, 9.17) is 15.9 Å². The van der Waals surface area contributed by atoms with Crippen molar-refractivity contribution in [1.29, 1.82) is 0 Å². The zero-order chi connectivity index (χ0) is 17.1. The predicted molar refractivity (Wildman–Crippen MR) is 83.4 cm³/mol. The molecule has 0 unspecified atom stereocenters. The third-order valence-electron chi connectivity index (χ3n) is 2.42. The van der Waals surface area contributed by atoms with E-state index in [2.05, 4.69) is 10.6 Å². The van der Waals surface area contributed by atoms with Crippen LogP contribution in [0, 0.1) is 0 Å². The van der Waals surface area contributed by atoms with Crippen LogP contribution in [0.3, 0.4) is 0 Å². The Balaban J connectivity index is 4.43. The molecule has 0 radical (unpaired) electrons. The van der Waals surface area contributed by atoms with Gasteiger partial charge in [-0.1, -0.05) is 21.6 Å². The molecule has 9 nitrogen and oxygen atoms in total. The Kier molecular flexibility index (Phi) is 10.4. The fourth-order valence-corrected chi connectivity index (χ4v) is 2.60. The van der Waals surface area contributed by atoms with Gasteiger partial charge in [0.1, 0.15) is 18.6 Å². The summed E-state index contributed by atoms with van der Waals surface area (Å²) >= 11 is 0. The van der Waals surface area contributed by atoms with Crippen molar-refractivity contribution in [2.75, 3.05) is 18.6 Å². The lowest BCUT2D eigenvalue weighted by molar-refractivity contribution is -0.139. The van der Waals surface area contributed by atoms with Crippen LogP contribution in [0.1, 0.15) is 12.8 Å². The number of nitrogens with two attached hydrogens (primary N) is 1. The maximum Gasteiger partial charge on any atom is 0.322 e. The fraction of sp³-hybridized carbons (Fsp3) is 0.636. The maximum absolute atomic E-state index is 11.8. The van der Waals surface area contributed by atoms with Crippen LogP contribution >= 0.6 is 21.6 Å². The van der Waals surface area contributed by atoms with Crippen molar-refractivity contribution in [2.24, 2.45) is 5.73 Å². The number of nitrogens with one attached hydrogen (secondary N) is 2. The first kappa shape index (κ1) is 20.5. The lowest BCUT2D eigenvalue weighted by Gasteiger charge is -2.17. The second-order valence-electron chi connectivity index (χ2n) is 4.17. The van der Waals surface area contributed by atoms with E-state index in [0.717, 1.165) is 0 Å². The van der Waals surface area contributed by atoms with Gasteiger partial charge in [-0.25, -0.2) is 0 Å². The zero-order valence-electron chi connectivity index (χ0n) is 11.9. The van der Waals surface area contributed by atoms with Crippen molar-refractivity contribution in [3.05, 3.63) is 0 Å². The highest BCUT2D eigenvalue weighted by Crippen LogP contribution is 2.17. The summed E-state index contributed by atoms with van der Waals surface area (Å²) in [5.41, 5.74) is 5.29. The zero-order valence-corrected chi connectivity index (χ0v) is 13.5. The summed E-state index contributed by atoms with van der Waals surface area (Å²) in [5.74, 6) is -3.28. The minimum Gasteiger partial charge on any atom is -0.480 e.